The maximum Gasteiger partial charge on any atom is 0.236 e. The molecule has 0 atom stereocenters. The van der Waals surface area contributed by atoms with E-state index in [1.807, 2.05) is 0 Å². The van der Waals surface area contributed by atoms with Crippen LogP contribution in [0.3, 0.4) is 0 Å². The van der Waals surface area contributed by atoms with Crippen LogP contribution in [-0.2, 0) is 10.0 Å². The van der Waals surface area contributed by atoms with Gasteiger partial charge >= 0.3 is 0 Å². The Bertz CT molecular complexity index is 717. The van der Waals surface area contributed by atoms with E-state index < -0.39 is 10.0 Å². The number of ether oxygens (including phenoxy) is 2. The average Bonchev–Trinajstić information content (AvgIpc) is 2.47. The Balaban J connectivity index is 1.86. The van der Waals surface area contributed by atoms with Crippen LogP contribution in [0.1, 0.15) is 0 Å². The summed E-state index contributed by atoms with van der Waals surface area (Å²) in [4.78, 5) is 0. The Labute approximate surface area is 134 Å². The number of benzene rings is 2. The number of halogens is 1. The third-order valence-electron chi connectivity index (χ3n) is 2.78. The van der Waals surface area contributed by atoms with Crippen LogP contribution in [0, 0.1) is 0 Å². The van der Waals surface area contributed by atoms with Gasteiger partial charge in [0.25, 0.3) is 0 Å². The molecule has 2 aromatic rings. The van der Waals surface area contributed by atoms with Gasteiger partial charge in [0, 0.05) is 10.7 Å². The molecule has 0 spiro atoms. The highest BCUT2D eigenvalue weighted by Gasteiger charge is 2.11. The minimum atomic E-state index is -3.49. The first-order chi connectivity index (χ1) is 10.5. The second kappa shape index (κ2) is 7.38. The maximum absolute atomic E-state index is 11.9. The molecule has 1 N–H and O–H groups in total. The Morgan fingerprint density at radius 1 is 1.09 bits per heavy atom. The fourth-order valence-electron chi connectivity index (χ4n) is 1.72. The number of anilines is 1. The van der Waals surface area contributed by atoms with Crippen molar-refractivity contribution in [2.45, 2.75) is 0 Å². The predicted molar refractivity (Wildman–Crippen MR) is 87.4 cm³/mol. The molecular formula is C15H16ClNO4S. The SMILES string of the molecule is COc1ccc(OCCS(=O)(=O)Nc2cccc(Cl)c2)cc1. The van der Waals surface area contributed by atoms with Crippen molar-refractivity contribution in [3.63, 3.8) is 0 Å². The lowest BCUT2D eigenvalue weighted by Crippen LogP contribution is -2.21. The largest absolute Gasteiger partial charge is 0.497 e. The van der Waals surface area contributed by atoms with Crippen LogP contribution >= 0.6 is 11.6 Å². The zero-order valence-electron chi connectivity index (χ0n) is 12.0. The van der Waals surface area contributed by atoms with E-state index in [0.29, 0.717) is 22.2 Å². The van der Waals surface area contributed by atoms with E-state index in [1.54, 1.807) is 55.6 Å². The Morgan fingerprint density at radius 2 is 1.77 bits per heavy atom. The first-order valence-corrected chi connectivity index (χ1v) is 8.54. The first-order valence-electron chi connectivity index (χ1n) is 6.51. The molecule has 0 radical (unpaired) electrons. The van der Waals surface area contributed by atoms with Crippen molar-refractivity contribution in [1.29, 1.82) is 0 Å². The topological polar surface area (TPSA) is 64.6 Å². The number of hydrogen-bond acceptors (Lipinski definition) is 4. The third-order valence-corrected chi connectivity index (χ3v) is 4.26. The van der Waals surface area contributed by atoms with Crippen LogP contribution < -0.4 is 14.2 Å². The molecule has 0 aromatic heterocycles. The molecule has 7 heteroatoms. The maximum atomic E-state index is 11.9. The minimum absolute atomic E-state index is 0.0439. The van der Waals surface area contributed by atoms with Gasteiger partial charge in [-0.3, -0.25) is 4.72 Å². The molecule has 2 aromatic carbocycles. The molecular weight excluding hydrogens is 326 g/mol. The van der Waals surface area contributed by atoms with Crippen molar-refractivity contribution in [1.82, 2.24) is 0 Å². The normalized spacial score (nSPS) is 11.0. The number of hydrogen-bond donors (Lipinski definition) is 1. The van der Waals surface area contributed by atoms with Crippen molar-refractivity contribution in [2.75, 3.05) is 24.2 Å². The summed E-state index contributed by atoms with van der Waals surface area (Å²) in [6, 6.07) is 13.4. The Hall–Kier alpha value is -1.92. The van der Waals surface area contributed by atoms with Crippen LogP contribution in [0.4, 0.5) is 5.69 Å². The lowest BCUT2D eigenvalue weighted by atomic mass is 10.3. The zero-order chi connectivity index (χ0) is 16.0. The molecule has 0 aliphatic heterocycles. The van der Waals surface area contributed by atoms with Gasteiger partial charge in [-0.1, -0.05) is 17.7 Å². The second-order valence-electron chi connectivity index (χ2n) is 4.46. The van der Waals surface area contributed by atoms with Gasteiger partial charge in [-0.25, -0.2) is 8.42 Å². The molecule has 22 heavy (non-hydrogen) atoms. The monoisotopic (exact) mass is 341 g/mol. The van der Waals surface area contributed by atoms with Gasteiger partial charge < -0.3 is 9.47 Å². The van der Waals surface area contributed by atoms with Gasteiger partial charge in [-0.2, -0.15) is 0 Å². The zero-order valence-corrected chi connectivity index (χ0v) is 13.5. The lowest BCUT2D eigenvalue weighted by molar-refractivity contribution is 0.340. The van der Waals surface area contributed by atoms with E-state index in [2.05, 4.69) is 4.72 Å². The highest BCUT2D eigenvalue weighted by atomic mass is 35.5. The number of rotatable bonds is 7. The van der Waals surface area contributed by atoms with Gasteiger partial charge in [0.2, 0.25) is 10.0 Å². The summed E-state index contributed by atoms with van der Waals surface area (Å²) in [6.45, 7) is 0.0439. The van der Waals surface area contributed by atoms with E-state index in [0.717, 1.165) is 0 Å². The van der Waals surface area contributed by atoms with Crippen LogP contribution in [0.25, 0.3) is 0 Å². The summed E-state index contributed by atoms with van der Waals surface area (Å²) in [5.41, 5.74) is 0.428. The molecule has 0 aliphatic carbocycles. The Morgan fingerprint density at radius 3 is 2.41 bits per heavy atom. The third kappa shape index (κ3) is 5.13. The van der Waals surface area contributed by atoms with E-state index >= 15 is 0 Å². The van der Waals surface area contributed by atoms with Crippen molar-refractivity contribution < 1.29 is 17.9 Å². The smallest absolute Gasteiger partial charge is 0.236 e. The molecule has 2 rings (SSSR count). The van der Waals surface area contributed by atoms with Crippen LogP contribution in [0.5, 0.6) is 11.5 Å². The molecule has 118 valence electrons. The second-order valence-corrected chi connectivity index (χ2v) is 6.73. The fourth-order valence-corrected chi connectivity index (χ4v) is 2.80. The summed E-state index contributed by atoms with van der Waals surface area (Å²) >= 11 is 5.81. The van der Waals surface area contributed by atoms with E-state index in [-0.39, 0.29) is 12.4 Å². The summed E-state index contributed by atoms with van der Waals surface area (Å²) in [7, 11) is -1.92. The quantitative estimate of drug-likeness (QED) is 0.840. The highest BCUT2D eigenvalue weighted by Crippen LogP contribution is 2.18. The van der Waals surface area contributed by atoms with Gasteiger partial charge in [-0.15, -0.1) is 0 Å². The van der Waals surface area contributed by atoms with Crippen molar-refractivity contribution in [2.24, 2.45) is 0 Å². The molecule has 0 heterocycles. The van der Waals surface area contributed by atoms with Crippen LogP contribution in [0.15, 0.2) is 48.5 Å². The highest BCUT2D eigenvalue weighted by molar-refractivity contribution is 7.92. The van der Waals surface area contributed by atoms with Gasteiger partial charge in [0.1, 0.15) is 23.9 Å². The van der Waals surface area contributed by atoms with Crippen LogP contribution in [-0.4, -0.2) is 27.9 Å². The van der Waals surface area contributed by atoms with Crippen molar-refractivity contribution in [3.05, 3.63) is 53.6 Å². The molecule has 0 aliphatic rings. The van der Waals surface area contributed by atoms with E-state index in [4.69, 9.17) is 21.1 Å². The summed E-state index contributed by atoms with van der Waals surface area (Å²) < 4.78 is 36.8. The van der Waals surface area contributed by atoms with Gasteiger partial charge in [0.05, 0.1) is 7.11 Å². The fraction of sp³-hybridized carbons (Fsp3) is 0.200. The van der Waals surface area contributed by atoms with Crippen molar-refractivity contribution in [3.8, 4) is 11.5 Å². The number of methoxy groups -OCH3 is 1. The van der Waals surface area contributed by atoms with E-state index in [9.17, 15) is 8.42 Å². The molecule has 5 nitrogen and oxygen atoms in total. The van der Waals surface area contributed by atoms with Crippen LogP contribution in [0.2, 0.25) is 5.02 Å². The van der Waals surface area contributed by atoms with Crippen molar-refractivity contribution >= 4 is 27.3 Å². The van der Waals surface area contributed by atoms with Gasteiger partial charge in [0.15, 0.2) is 0 Å². The molecule has 0 fully saturated rings. The molecule has 0 amide bonds. The lowest BCUT2D eigenvalue weighted by Gasteiger charge is -2.10. The molecule has 0 unspecified atom stereocenters. The average molecular weight is 342 g/mol. The Kier molecular flexibility index (Phi) is 5.51. The molecule has 0 saturated carbocycles. The number of sulfonamides is 1. The standard InChI is InChI=1S/C15H16ClNO4S/c1-20-14-5-7-15(8-6-14)21-9-10-22(18,19)17-13-4-2-3-12(16)11-13/h2-8,11,17H,9-10H2,1H3. The molecule has 0 saturated heterocycles. The summed E-state index contributed by atoms with van der Waals surface area (Å²) in [5, 5.41) is 0.467. The van der Waals surface area contributed by atoms with E-state index in [1.165, 1.54) is 0 Å². The van der Waals surface area contributed by atoms with Gasteiger partial charge in [-0.05, 0) is 42.5 Å². The summed E-state index contributed by atoms with van der Waals surface area (Å²) in [6.07, 6.45) is 0. The minimum Gasteiger partial charge on any atom is -0.497 e. The number of nitrogens with one attached hydrogen (secondary N) is 1. The summed E-state index contributed by atoms with van der Waals surface area (Å²) in [5.74, 6) is 1.13. The molecule has 0 bridgehead atoms. The predicted octanol–water partition coefficient (Wildman–Crippen LogP) is 3.17. The first kappa shape index (κ1) is 16.5.